The zero-order valence-electron chi connectivity index (χ0n) is 22.6. The Morgan fingerprint density at radius 2 is 1.16 bits per heavy atom. The summed E-state index contributed by atoms with van der Waals surface area (Å²) in [6, 6.07) is 36.2. The van der Waals surface area contributed by atoms with Crippen LogP contribution < -0.4 is 9.80 Å². The van der Waals surface area contributed by atoms with E-state index in [1.165, 1.54) is 0 Å². The van der Waals surface area contributed by atoms with Crippen molar-refractivity contribution in [2.45, 2.75) is 23.9 Å². The van der Waals surface area contributed by atoms with Crippen molar-refractivity contribution in [2.24, 2.45) is 5.92 Å². The number of carbonyl (C=O) groups is 1. The molecule has 4 aromatic rings. The quantitative estimate of drug-likeness (QED) is 0.293. The van der Waals surface area contributed by atoms with Crippen molar-refractivity contribution < 1.29 is 9.90 Å². The van der Waals surface area contributed by atoms with E-state index in [1.54, 1.807) is 0 Å². The molecule has 1 saturated carbocycles. The first kappa shape index (κ1) is 25.7. The molecule has 0 aromatic heterocycles. The highest BCUT2D eigenvalue weighted by atomic mass is 16.3. The number of anilines is 2. The molecule has 4 heteroatoms. The number of ketones is 1. The molecule has 4 atom stereocenters. The number of nitrogens with zero attached hydrogens (tertiary/aromatic N) is 2. The van der Waals surface area contributed by atoms with Gasteiger partial charge in [0.25, 0.3) is 0 Å². The van der Waals surface area contributed by atoms with E-state index in [0.717, 1.165) is 28.1 Å². The lowest BCUT2D eigenvalue weighted by molar-refractivity contribution is -0.000255. The molecule has 1 aliphatic carbocycles. The molecule has 1 N–H and O–H groups in total. The van der Waals surface area contributed by atoms with E-state index >= 15 is 0 Å². The molecular weight excluding hydrogens is 468 g/mol. The molecule has 0 heterocycles. The van der Waals surface area contributed by atoms with Crippen molar-refractivity contribution in [3.63, 3.8) is 0 Å². The van der Waals surface area contributed by atoms with Crippen molar-refractivity contribution in [2.75, 3.05) is 38.0 Å². The van der Waals surface area contributed by atoms with Gasteiger partial charge in [-0.15, -0.1) is 0 Å². The van der Waals surface area contributed by atoms with Gasteiger partial charge in [-0.1, -0.05) is 84.9 Å². The lowest BCUT2D eigenvalue weighted by Crippen LogP contribution is -2.38. The maximum absolute atomic E-state index is 14.3. The summed E-state index contributed by atoms with van der Waals surface area (Å²) in [6.45, 7) is 0. The summed E-state index contributed by atoms with van der Waals surface area (Å²) in [6.07, 6.45) is 0.460. The highest BCUT2D eigenvalue weighted by molar-refractivity contribution is 5.99. The highest BCUT2D eigenvalue weighted by Crippen LogP contribution is 2.59. The first-order valence-electron chi connectivity index (χ1n) is 13.2. The second kappa shape index (κ2) is 10.5. The largest absolute Gasteiger partial charge is 0.384 e. The SMILES string of the molecule is CN(C)c1ccc([C@@H]2[C@@H](C(=O)c3ccccc3)[C@](O)(c3ccccc3)C[C@H]2c2ccc(N(C)C)cc2)cc1. The van der Waals surface area contributed by atoms with Gasteiger partial charge < -0.3 is 14.9 Å². The average molecular weight is 505 g/mol. The van der Waals surface area contributed by atoms with Gasteiger partial charge in [0.15, 0.2) is 5.78 Å². The van der Waals surface area contributed by atoms with Crippen LogP contribution in [0.1, 0.15) is 45.3 Å². The number of hydrogen-bond acceptors (Lipinski definition) is 4. The Balaban J connectivity index is 1.70. The molecule has 1 aliphatic rings. The van der Waals surface area contributed by atoms with E-state index in [4.69, 9.17) is 0 Å². The Kier molecular flexibility index (Phi) is 7.09. The lowest BCUT2D eigenvalue weighted by atomic mass is 9.73. The first-order chi connectivity index (χ1) is 18.3. The maximum Gasteiger partial charge on any atom is 0.169 e. The predicted octanol–water partition coefficient (Wildman–Crippen LogP) is 6.48. The Morgan fingerprint density at radius 1 is 0.684 bits per heavy atom. The van der Waals surface area contributed by atoms with E-state index in [9.17, 15) is 9.90 Å². The Bertz CT molecular complexity index is 1370. The zero-order chi connectivity index (χ0) is 26.9. The normalized spacial score (nSPS) is 22.7. The molecule has 0 aliphatic heterocycles. The molecule has 194 valence electrons. The van der Waals surface area contributed by atoms with Crippen molar-refractivity contribution in [1.29, 1.82) is 0 Å². The fourth-order valence-corrected chi connectivity index (χ4v) is 6.07. The third kappa shape index (κ3) is 4.72. The molecular formula is C34H36N2O2. The van der Waals surface area contributed by atoms with E-state index in [0.29, 0.717) is 12.0 Å². The van der Waals surface area contributed by atoms with E-state index < -0.39 is 11.5 Å². The third-order valence-electron chi connectivity index (χ3n) is 8.08. The van der Waals surface area contributed by atoms with Crippen LogP contribution in [0.3, 0.4) is 0 Å². The van der Waals surface area contributed by atoms with Gasteiger partial charge in [-0.05, 0) is 53.3 Å². The highest BCUT2D eigenvalue weighted by Gasteiger charge is 2.57. The predicted molar refractivity (Wildman–Crippen MR) is 156 cm³/mol. The summed E-state index contributed by atoms with van der Waals surface area (Å²) in [7, 11) is 8.11. The van der Waals surface area contributed by atoms with Crippen LogP contribution in [0, 0.1) is 5.92 Å². The topological polar surface area (TPSA) is 43.8 Å². The minimum Gasteiger partial charge on any atom is -0.384 e. The van der Waals surface area contributed by atoms with Crippen LogP contribution in [0.4, 0.5) is 11.4 Å². The summed E-state index contributed by atoms with van der Waals surface area (Å²) in [4.78, 5) is 18.5. The minimum atomic E-state index is -1.32. The molecule has 0 unspecified atom stereocenters. The number of aliphatic hydroxyl groups is 1. The molecule has 4 nitrogen and oxygen atoms in total. The van der Waals surface area contributed by atoms with Crippen LogP contribution in [0.2, 0.25) is 0 Å². The number of hydrogen-bond donors (Lipinski definition) is 1. The van der Waals surface area contributed by atoms with Gasteiger partial charge in [-0.3, -0.25) is 4.79 Å². The molecule has 0 radical (unpaired) electrons. The molecule has 5 rings (SSSR count). The fraction of sp³-hybridized carbons (Fsp3) is 0.265. The van der Waals surface area contributed by atoms with E-state index in [2.05, 4.69) is 58.3 Å². The summed E-state index contributed by atoms with van der Waals surface area (Å²) < 4.78 is 0. The summed E-state index contributed by atoms with van der Waals surface area (Å²) in [5, 5.41) is 12.6. The fourth-order valence-electron chi connectivity index (χ4n) is 6.07. The van der Waals surface area contributed by atoms with Crippen LogP contribution >= 0.6 is 0 Å². The first-order valence-corrected chi connectivity index (χ1v) is 13.2. The molecule has 1 fully saturated rings. The van der Waals surface area contributed by atoms with Gasteiger partial charge in [0, 0.05) is 51.0 Å². The van der Waals surface area contributed by atoms with Gasteiger partial charge >= 0.3 is 0 Å². The van der Waals surface area contributed by atoms with Crippen molar-refractivity contribution in [3.8, 4) is 0 Å². The Morgan fingerprint density at radius 3 is 1.66 bits per heavy atom. The zero-order valence-corrected chi connectivity index (χ0v) is 22.6. The van der Waals surface area contributed by atoms with Crippen LogP contribution in [0.25, 0.3) is 0 Å². The Hall–Kier alpha value is -3.89. The number of rotatable bonds is 7. The average Bonchev–Trinajstić information content (AvgIpc) is 3.27. The summed E-state index contributed by atoms with van der Waals surface area (Å²) in [5.41, 5.74) is 4.52. The summed E-state index contributed by atoms with van der Waals surface area (Å²) >= 11 is 0. The molecule has 4 aromatic carbocycles. The van der Waals surface area contributed by atoms with Gasteiger partial charge in [0.2, 0.25) is 0 Å². The van der Waals surface area contributed by atoms with E-state index in [1.807, 2.05) is 88.9 Å². The Labute approximate surface area is 226 Å². The van der Waals surface area contributed by atoms with Crippen LogP contribution in [-0.2, 0) is 5.60 Å². The molecule has 0 bridgehead atoms. The molecule has 38 heavy (non-hydrogen) atoms. The maximum atomic E-state index is 14.3. The second-order valence-corrected chi connectivity index (χ2v) is 10.8. The smallest absolute Gasteiger partial charge is 0.169 e. The number of carbonyl (C=O) groups excluding carboxylic acids is 1. The van der Waals surface area contributed by atoms with E-state index in [-0.39, 0.29) is 17.6 Å². The van der Waals surface area contributed by atoms with Gasteiger partial charge in [-0.2, -0.15) is 0 Å². The second-order valence-electron chi connectivity index (χ2n) is 10.8. The van der Waals surface area contributed by atoms with Gasteiger partial charge in [-0.25, -0.2) is 0 Å². The number of Topliss-reactive ketones (excluding diaryl/α,β-unsaturated/α-hetero) is 1. The monoisotopic (exact) mass is 504 g/mol. The van der Waals surface area contributed by atoms with Crippen LogP contribution in [-0.4, -0.2) is 39.1 Å². The third-order valence-corrected chi connectivity index (χ3v) is 8.08. The molecule has 0 amide bonds. The number of benzene rings is 4. The van der Waals surface area contributed by atoms with Crippen molar-refractivity contribution in [3.05, 3.63) is 131 Å². The lowest BCUT2D eigenvalue weighted by Gasteiger charge is -2.33. The van der Waals surface area contributed by atoms with Crippen LogP contribution in [0.15, 0.2) is 109 Å². The van der Waals surface area contributed by atoms with Crippen molar-refractivity contribution in [1.82, 2.24) is 0 Å². The molecule has 0 spiro atoms. The van der Waals surface area contributed by atoms with Gasteiger partial charge in [0.1, 0.15) is 5.60 Å². The minimum absolute atomic E-state index is 0.0222. The van der Waals surface area contributed by atoms with Crippen molar-refractivity contribution >= 4 is 17.2 Å². The standard InChI is InChI=1S/C34H36N2O2/c1-35(2)28-19-15-24(16-20-28)30-23-34(38,27-13-9-6-10-14-27)32(33(37)26-11-7-5-8-12-26)31(30)25-17-21-29(22-18-25)36(3)4/h5-22,30-32,38H,23H2,1-4H3/t30-,31-,32-,34+/m0/s1. The molecule has 0 saturated heterocycles. The van der Waals surface area contributed by atoms with Gasteiger partial charge in [0.05, 0.1) is 5.92 Å². The van der Waals surface area contributed by atoms with Crippen LogP contribution in [0.5, 0.6) is 0 Å². The summed E-state index contributed by atoms with van der Waals surface area (Å²) in [5.74, 6) is -0.907.